The van der Waals surface area contributed by atoms with Crippen LogP contribution in [0.25, 0.3) is 0 Å². The highest BCUT2D eigenvalue weighted by Gasteiger charge is 2.49. The zero-order chi connectivity index (χ0) is 17.6. The van der Waals surface area contributed by atoms with Crippen molar-refractivity contribution in [2.45, 2.75) is 52.1 Å². The van der Waals surface area contributed by atoms with Crippen molar-refractivity contribution in [3.8, 4) is 0 Å². The van der Waals surface area contributed by atoms with Gasteiger partial charge in [0.05, 0.1) is 0 Å². The molecule has 130 valence electrons. The Hall–Kier alpha value is -2.16. The molecule has 23 heavy (non-hydrogen) atoms. The summed E-state index contributed by atoms with van der Waals surface area (Å²) in [4.78, 5) is 44.4. The van der Waals surface area contributed by atoms with Crippen LogP contribution in [0.15, 0.2) is 0 Å². The van der Waals surface area contributed by atoms with Crippen LogP contribution in [0.3, 0.4) is 0 Å². The van der Waals surface area contributed by atoms with Crippen molar-refractivity contribution in [1.29, 1.82) is 0 Å². The molecule has 1 fully saturated rings. The van der Waals surface area contributed by atoms with E-state index in [0.29, 0.717) is 0 Å². The third-order valence-corrected chi connectivity index (χ3v) is 2.91. The van der Waals surface area contributed by atoms with Gasteiger partial charge in [0.15, 0.2) is 12.2 Å². The first-order chi connectivity index (χ1) is 10.7. The summed E-state index contributed by atoms with van der Waals surface area (Å²) in [6, 6.07) is 0. The van der Waals surface area contributed by atoms with Crippen molar-refractivity contribution in [2.24, 2.45) is 0 Å². The van der Waals surface area contributed by atoms with Crippen LogP contribution in [-0.2, 0) is 42.9 Å². The first-order valence-electron chi connectivity index (χ1n) is 6.97. The molecule has 0 amide bonds. The molecular formula is C14H20O9. The molecule has 0 aliphatic carbocycles. The molecule has 9 heteroatoms. The molecule has 1 aliphatic heterocycles. The van der Waals surface area contributed by atoms with E-state index in [4.69, 9.17) is 23.7 Å². The maximum Gasteiger partial charge on any atom is 0.303 e. The van der Waals surface area contributed by atoms with E-state index in [2.05, 4.69) is 0 Å². The highest BCUT2D eigenvalue weighted by Crippen LogP contribution is 2.28. The van der Waals surface area contributed by atoms with Gasteiger partial charge >= 0.3 is 23.9 Å². The smallest absolute Gasteiger partial charge is 0.303 e. The predicted molar refractivity (Wildman–Crippen MR) is 73.0 cm³/mol. The SMILES string of the molecule is CC(=O)OC[C@H]1O[C@H](COC(C)=O)[C@@H](OC(C)=O)[C@H]1OC(C)=O. The number of esters is 4. The number of carbonyl (C=O) groups is 4. The molecule has 0 aromatic rings. The topological polar surface area (TPSA) is 114 Å². The minimum Gasteiger partial charge on any atom is -0.463 e. The van der Waals surface area contributed by atoms with Crippen molar-refractivity contribution < 1.29 is 42.9 Å². The van der Waals surface area contributed by atoms with E-state index in [9.17, 15) is 19.2 Å². The molecule has 1 saturated heterocycles. The number of ether oxygens (including phenoxy) is 5. The third kappa shape index (κ3) is 6.23. The number of hydrogen-bond donors (Lipinski definition) is 0. The number of rotatable bonds is 6. The van der Waals surface area contributed by atoms with E-state index in [0.717, 1.165) is 0 Å². The average Bonchev–Trinajstić information content (AvgIpc) is 2.71. The first kappa shape index (κ1) is 18.9. The van der Waals surface area contributed by atoms with Crippen molar-refractivity contribution in [1.82, 2.24) is 0 Å². The van der Waals surface area contributed by atoms with Crippen LogP contribution in [0, 0.1) is 0 Å². The summed E-state index contributed by atoms with van der Waals surface area (Å²) in [6.45, 7) is 4.43. The molecule has 0 bridgehead atoms. The molecule has 1 aliphatic rings. The van der Waals surface area contributed by atoms with Crippen molar-refractivity contribution in [3.63, 3.8) is 0 Å². The normalized spacial score (nSPS) is 26.3. The highest BCUT2D eigenvalue weighted by molar-refractivity contribution is 5.68. The van der Waals surface area contributed by atoms with E-state index in [1.807, 2.05) is 0 Å². The Morgan fingerprint density at radius 3 is 1.30 bits per heavy atom. The summed E-state index contributed by atoms with van der Waals surface area (Å²) in [6.07, 6.45) is -3.63. The molecule has 0 unspecified atom stereocenters. The van der Waals surface area contributed by atoms with Gasteiger partial charge in [-0.25, -0.2) is 0 Å². The predicted octanol–water partition coefficient (Wildman–Crippen LogP) is -0.257. The third-order valence-electron chi connectivity index (χ3n) is 2.91. The van der Waals surface area contributed by atoms with E-state index < -0.39 is 48.3 Å². The Bertz CT molecular complexity index is 431. The van der Waals surface area contributed by atoms with Crippen LogP contribution in [0.1, 0.15) is 27.7 Å². The summed E-state index contributed by atoms with van der Waals surface area (Å²) in [5, 5.41) is 0. The molecule has 0 N–H and O–H groups in total. The zero-order valence-electron chi connectivity index (χ0n) is 13.4. The minimum absolute atomic E-state index is 0.193. The van der Waals surface area contributed by atoms with Gasteiger partial charge in [-0.1, -0.05) is 0 Å². The van der Waals surface area contributed by atoms with Crippen molar-refractivity contribution >= 4 is 23.9 Å². The van der Waals surface area contributed by atoms with Gasteiger partial charge in [0.1, 0.15) is 25.4 Å². The first-order valence-corrected chi connectivity index (χ1v) is 6.97. The van der Waals surface area contributed by atoms with Crippen LogP contribution < -0.4 is 0 Å². The van der Waals surface area contributed by atoms with E-state index >= 15 is 0 Å². The summed E-state index contributed by atoms with van der Waals surface area (Å²) in [5.74, 6) is -2.31. The lowest BCUT2D eigenvalue weighted by atomic mass is 10.1. The van der Waals surface area contributed by atoms with E-state index in [-0.39, 0.29) is 13.2 Å². The van der Waals surface area contributed by atoms with E-state index in [1.54, 1.807) is 0 Å². The van der Waals surface area contributed by atoms with Gasteiger partial charge < -0.3 is 23.7 Å². The van der Waals surface area contributed by atoms with Crippen molar-refractivity contribution in [2.75, 3.05) is 13.2 Å². The zero-order valence-corrected chi connectivity index (χ0v) is 13.4. The van der Waals surface area contributed by atoms with Crippen LogP contribution in [0.5, 0.6) is 0 Å². The summed E-state index contributed by atoms with van der Waals surface area (Å²) in [7, 11) is 0. The lowest BCUT2D eigenvalue weighted by Crippen LogP contribution is -2.42. The van der Waals surface area contributed by atoms with Gasteiger partial charge in [-0.15, -0.1) is 0 Å². The molecule has 0 saturated carbocycles. The lowest BCUT2D eigenvalue weighted by molar-refractivity contribution is -0.166. The number of hydrogen-bond acceptors (Lipinski definition) is 9. The Kier molecular flexibility index (Phi) is 6.95. The second-order valence-electron chi connectivity index (χ2n) is 4.97. The van der Waals surface area contributed by atoms with Gasteiger partial charge in [0.2, 0.25) is 0 Å². The van der Waals surface area contributed by atoms with Crippen LogP contribution in [-0.4, -0.2) is 61.5 Å². The minimum atomic E-state index is -0.976. The summed E-state index contributed by atoms with van der Waals surface area (Å²) < 4.78 is 25.6. The van der Waals surface area contributed by atoms with Gasteiger partial charge in [0, 0.05) is 27.7 Å². The highest BCUT2D eigenvalue weighted by atomic mass is 16.7. The molecule has 9 nitrogen and oxygen atoms in total. The molecule has 1 heterocycles. The molecular weight excluding hydrogens is 312 g/mol. The summed E-state index contributed by atoms with van der Waals surface area (Å²) in [5.41, 5.74) is 0. The molecule has 0 spiro atoms. The average molecular weight is 332 g/mol. The maximum absolute atomic E-state index is 11.3. The molecule has 0 radical (unpaired) electrons. The van der Waals surface area contributed by atoms with Gasteiger partial charge in [-0.05, 0) is 0 Å². The fraction of sp³-hybridized carbons (Fsp3) is 0.714. The Balaban J connectivity index is 2.91. The van der Waals surface area contributed by atoms with E-state index in [1.165, 1.54) is 27.7 Å². The quantitative estimate of drug-likeness (QED) is 0.479. The monoisotopic (exact) mass is 332 g/mol. The largest absolute Gasteiger partial charge is 0.463 e. The molecule has 4 atom stereocenters. The fourth-order valence-electron chi connectivity index (χ4n) is 2.14. The standard InChI is InChI=1S/C14H20O9/c1-7(15)19-5-11-13(21-9(3)17)14(22-10(4)18)12(23-11)6-20-8(2)16/h11-14H,5-6H2,1-4H3/t11-,12-,13-,14+/m1/s1. The van der Waals surface area contributed by atoms with Crippen LogP contribution in [0.4, 0.5) is 0 Å². The lowest BCUT2D eigenvalue weighted by Gasteiger charge is -2.23. The number of carbonyl (C=O) groups excluding carboxylic acids is 4. The molecule has 1 rings (SSSR count). The maximum atomic E-state index is 11.3. The Labute approximate surface area is 133 Å². The molecule has 0 aromatic heterocycles. The molecule has 0 aromatic carbocycles. The summed E-state index contributed by atoms with van der Waals surface area (Å²) >= 11 is 0. The van der Waals surface area contributed by atoms with Gasteiger partial charge in [-0.2, -0.15) is 0 Å². The van der Waals surface area contributed by atoms with Crippen LogP contribution >= 0.6 is 0 Å². The van der Waals surface area contributed by atoms with Crippen molar-refractivity contribution in [3.05, 3.63) is 0 Å². The Morgan fingerprint density at radius 1 is 0.696 bits per heavy atom. The van der Waals surface area contributed by atoms with Gasteiger partial charge in [-0.3, -0.25) is 19.2 Å². The fourth-order valence-corrected chi connectivity index (χ4v) is 2.14. The second kappa shape index (κ2) is 8.47. The van der Waals surface area contributed by atoms with Gasteiger partial charge in [0.25, 0.3) is 0 Å². The Morgan fingerprint density at radius 2 is 1.04 bits per heavy atom. The van der Waals surface area contributed by atoms with Crippen LogP contribution in [0.2, 0.25) is 0 Å². The second-order valence-corrected chi connectivity index (χ2v) is 4.97.